The second kappa shape index (κ2) is 15.8. The maximum absolute atomic E-state index is 14.6. The predicted molar refractivity (Wildman–Crippen MR) is 183 cm³/mol. The maximum atomic E-state index is 14.6. The molecule has 46 heavy (non-hydrogen) atoms. The third-order valence-corrected chi connectivity index (χ3v) is 9.44. The van der Waals surface area contributed by atoms with Gasteiger partial charge < -0.3 is 15.0 Å². The summed E-state index contributed by atoms with van der Waals surface area (Å²) in [5, 5.41) is 3.35. The number of benzene rings is 4. The average molecular weight is 662 g/mol. The van der Waals surface area contributed by atoms with Crippen LogP contribution in [-0.2, 0) is 32.6 Å². The Bertz CT molecular complexity index is 1730. The van der Waals surface area contributed by atoms with Gasteiger partial charge in [-0.1, -0.05) is 78.3 Å². The van der Waals surface area contributed by atoms with Gasteiger partial charge in [0, 0.05) is 24.0 Å². The summed E-state index contributed by atoms with van der Waals surface area (Å²) in [6, 6.07) is 28.4. The van der Waals surface area contributed by atoms with Gasteiger partial charge in [-0.05, 0) is 80.8 Å². The molecule has 0 saturated heterocycles. The third kappa shape index (κ3) is 8.68. The first kappa shape index (κ1) is 34.5. The van der Waals surface area contributed by atoms with E-state index < -0.39 is 28.5 Å². The number of rotatable bonds is 14. The van der Waals surface area contributed by atoms with E-state index in [1.54, 1.807) is 31.2 Å². The minimum Gasteiger partial charge on any atom is -0.492 e. The first-order valence-corrected chi connectivity index (χ1v) is 17.0. The van der Waals surface area contributed by atoms with Crippen LogP contribution in [-0.4, -0.2) is 50.4 Å². The van der Waals surface area contributed by atoms with Gasteiger partial charge in [-0.3, -0.25) is 13.9 Å². The summed E-state index contributed by atoms with van der Waals surface area (Å²) in [5.41, 5.74) is 2.85. The van der Waals surface area contributed by atoms with Crippen LogP contribution in [0.3, 0.4) is 0 Å². The molecule has 0 radical (unpaired) electrons. The van der Waals surface area contributed by atoms with Gasteiger partial charge in [-0.2, -0.15) is 0 Å². The molecule has 0 heterocycles. The van der Waals surface area contributed by atoms with Crippen molar-refractivity contribution in [3.63, 3.8) is 0 Å². The number of para-hydroxylation sites is 2. The molecule has 1 atom stereocenters. The molecule has 0 aliphatic heterocycles. The number of sulfonamides is 1. The fraction of sp³-hybridized carbons (Fsp3) is 0.278. The van der Waals surface area contributed by atoms with E-state index in [9.17, 15) is 18.0 Å². The minimum atomic E-state index is -4.30. The zero-order chi connectivity index (χ0) is 33.3. The largest absolute Gasteiger partial charge is 0.492 e. The maximum Gasteiger partial charge on any atom is 0.264 e. The fourth-order valence-electron chi connectivity index (χ4n) is 5.09. The van der Waals surface area contributed by atoms with Crippen LogP contribution in [0.5, 0.6) is 5.75 Å². The molecule has 0 unspecified atom stereocenters. The van der Waals surface area contributed by atoms with Gasteiger partial charge in [0.15, 0.2) is 0 Å². The SMILES string of the molecule is CCOc1ccccc1N(CC(=O)N(Cc1ccccc1C)[C@H](Cc1ccccc1)C(=O)NC(C)C)S(=O)(=O)c1ccc(Cl)cc1. The molecule has 4 rings (SSSR count). The second-order valence-electron chi connectivity index (χ2n) is 11.2. The molecule has 0 aliphatic carbocycles. The van der Waals surface area contributed by atoms with Gasteiger partial charge >= 0.3 is 0 Å². The number of nitrogens with one attached hydrogen (secondary N) is 1. The van der Waals surface area contributed by atoms with Crippen LogP contribution in [0.1, 0.15) is 37.5 Å². The lowest BCUT2D eigenvalue weighted by Crippen LogP contribution is -2.54. The number of aryl methyl sites for hydroxylation is 1. The summed E-state index contributed by atoms with van der Waals surface area (Å²) in [6.45, 7) is 7.25. The van der Waals surface area contributed by atoms with Gasteiger partial charge in [-0.15, -0.1) is 0 Å². The van der Waals surface area contributed by atoms with Crippen molar-refractivity contribution < 1.29 is 22.7 Å². The summed E-state index contributed by atoms with van der Waals surface area (Å²) in [5.74, 6) is -0.575. The van der Waals surface area contributed by atoms with Crippen molar-refractivity contribution in [2.24, 2.45) is 0 Å². The standard InChI is InChI=1S/C36H40ClN3O5S/c1-5-45-34-18-12-11-17-32(34)40(46(43,44)31-21-19-30(37)20-22-31)25-35(41)39(24-29-16-10-9-13-27(29)4)33(36(42)38-26(2)3)23-28-14-7-6-8-15-28/h6-22,26,33H,5,23-25H2,1-4H3,(H,38,42)/t33-/m1/s1. The van der Waals surface area contributed by atoms with Crippen LogP contribution in [0, 0.1) is 6.92 Å². The Labute approximate surface area is 277 Å². The van der Waals surface area contributed by atoms with Crippen molar-refractivity contribution in [1.29, 1.82) is 0 Å². The zero-order valence-corrected chi connectivity index (χ0v) is 28.1. The minimum absolute atomic E-state index is 0.0418. The van der Waals surface area contributed by atoms with E-state index >= 15 is 0 Å². The van der Waals surface area contributed by atoms with Gasteiger partial charge in [0.25, 0.3) is 10.0 Å². The molecule has 0 bridgehead atoms. The number of halogens is 1. The van der Waals surface area contributed by atoms with Gasteiger partial charge in [0.1, 0.15) is 18.3 Å². The van der Waals surface area contributed by atoms with Crippen molar-refractivity contribution in [2.75, 3.05) is 17.5 Å². The van der Waals surface area contributed by atoms with Gasteiger partial charge in [-0.25, -0.2) is 8.42 Å². The molecule has 0 aromatic heterocycles. The Morgan fingerprint density at radius 1 is 0.870 bits per heavy atom. The van der Waals surface area contributed by atoms with E-state index in [-0.39, 0.29) is 42.1 Å². The van der Waals surface area contributed by atoms with Crippen LogP contribution < -0.4 is 14.4 Å². The van der Waals surface area contributed by atoms with E-state index in [4.69, 9.17) is 16.3 Å². The van der Waals surface area contributed by atoms with Gasteiger partial charge in [0.05, 0.1) is 17.2 Å². The Hall–Kier alpha value is -4.34. The Morgan fingerprint density at radius 2 is 1.50 bits per heavy atom. The molecule has 8 nitrogen and oxygen atoms in total. The van der Waals surface area contributed by atoms with Crippen LogP contribution in [0.25, 0.3) is 0 Å². The highest BCUT2D eigenvalue weighted by Crippen LogP contribution is 2.33. The summed E-state index contributed by atoms with van der Waals surface area (Å²) < 4.78 is 35.4. The van der Waals surface area contributed by atoms with Crippen molar-refractivity contribution in [1.82, 2.24) is 10.2 Å². The van der Waals surface area contributed by atoms with Crippen LogP contribution in [0.15, 0.2) is 108 Å². The smallest absolute Gasteiger partial charge is 0.264 e. The Morgan fingerprint density at radius 3 is 2.15 bits per heavy atom. The van der Waals surface area contributed by atoms with E-state index in [0.717, 1.165) is 21.0 Å². The number of nitrogens with zero attached hydrogens (tertiary/aromatic N) is 2. The third-order valence-electron chi connectivity index (χ3n) is 7.42. The molecule has 4 aromatic rings. The lowest BCUT2D eigenvalue weighted by molar-refractivity contribution is -0.140. The monoisotopic (exact) mass is 661 g/mol. The molecular formula is C36H40ClN3O5S. The molecule has 242 valence electrons. The highest BCUT2D eigenvalue weighted by atomic mass is 35.5. The van der Waals surface area contributed by atoms with E-state index in [2.05, 4.69) is 5.32 Å². The number of amides is 2. The van der Waals surface area contributed by atoms with Crippen molar-refractivity contribution >= 4 is 39.1 Å². The van der Waals surface area contributed by atoms with Crippen molar-refractivity contribution in [2.45, 2.75) is 57.6 Å². The number of hydrogen-bond acceptors (Lipinski definition) is 5. The second-order valence-corrected chi connectivity index (χ2v) is 13.5. The lowest BCUT2D eigenvalue weighted by Gasteiger charge is -2.34. The lowest BCUT2D eigenvalue weighted by atomic mass is 10.0. The number of anilines is 1. The summed E-state index contributed by atoms with van der Waals surface area (Å²) in [6.07, 6.45) is 0.233. The highest BCUT2D eigenvalue weighted by Gasteiger charge is 2.36. The van der Waals surface area contributed by atoms with Crippen LogP contribution in [0.2, 0.25) is 5.02 Å². The molecule has 2 amide bonds. The first-order chi connectivity index (χ1) is 22.0. The topological polar surface area (TPSA) is 96.0 Å². The van der Waals surface area contributed by atoms with Gasteiger partial charge in [0.2, 0.25) is 11.8 Å². The number of carbonyl (C=O) groups excluding carboxylic acids is 2. The first-order valence-electron chi connectivity index (χ1n) is 15.2. The van der Waals surface area contributed by atoms with Crippen LogP contribution >= 0.6 is 11.6 Å². The predicted octanol–water partition coefficient (Wildman–Crippen LogP) is 6.41. The summed E-state index contributed by atoms with van der Waals surface area (Å²) >= 11 is 6.08. The quantitative estimate of drug-likeness (QED) is 0.169. The molecule has 0 aliphatic rings. The number of ether oxygens (including phenoxy) is 1. The molecule has 0 spiro atoms. The molecular weight excluding hydrogens is 622 g/mol. The van der Waals surface area contributed by atoms with E-state index in [1.807, 2.05) is 75.4 Å². The highest BCUT2D eigenvalue weighted by molar-refractivity contribution is 7.92. The summed E-state index contributed by atoms with van der Waals surface area (Å²) in [7, 11) is -4.30. The molecule has 0 saturated carbocycles. The molecule has 4 aromatic carbocycles. The molecule has 1 N–H and O–H groups in total. The van der Waals surface area contributed by atoms with Crippen molar-refractivity contribution in [3.8, 4) is 5.75 Å². The Kier molecular flexibility index (Phi) is 11.8. The zero-order valence-electron chi connectivity index (χ0n) is 26.5. The van der Waals surface area contributed by atoms with Crippen LogP contribution in [0.4, 0.5) is 5.69 Å². The van der Waals surface area contributed by atoms with Crippen molar-refractivity contribution in [3.05, 3.63) is 125 Å². The Balaban J connectivity index is 1.85. The molecule has 0 fully saturated rings. The van der Waals surface area contributed by atoms with E-state index in [0.29, 0.717) is 10.8 Å². The normalized spacial score (nSPS) is 12.0. The average Bonchev–Trinajstić information content (AvgIpc) is 3.03. The number of hydrogen-bond donors (Lipinski definition) is 1. The fourth-order valence-corrected chi connectivity index (χ4v) is 6.64. The summed E-state index contributed by atoms with van der Waals surface area (Å²) in [4.78, 5) is 29.9. The number of carbonyl (C=O) groups is 2. The van der Waals surface area contributed by atoms with E-state index in [1.165, 1.54) is 29.2 Å². The molecule has 10 heteroatoms.